The number of hydrogen-bond acceptors (Lipinski definition) is 5. The maximum atomic E-state index is 11.2. The van der Waals surface area contributed by atoms with Crippen LogP contribution in [0.5, 0.6) is 0 Å². The monoisotopic (exact) mass is 227 g/mol. The predicted molar refractivity (Wildman–Crippen MR) is 55.6 cm³/mol. The second kappa shape index (κ2) is 5.97. The Morgan fingerprint density at radius 2 is 2.00 bits per heavy atom. The van der Waals surface area contributed by atoms with Gasteiger partial charge in [0.15, 0.2) is 0 Å². The van der Waals surface area contributed by atoms with Crippen molar-refractivity contribution in [3.05, 3.63) is 18.7 Å². The summed E-state index contributed by atoms with van der Waals surface area (Å²) in [4.78, 5) is 28.8. The Morgan fingerprint density at radius 3 is 2.60 bits per heavy atom. The van der Waals surface area contributed by atoms with E-state index in [1.54, 1.807) is 0 Å². The molecule has 0 fully saturated rings. The van der Waals surface area contributed by atoms with Gasteiger partial charge in [-0.15, -0.1) is 11.8 Å². The fourth-order valence-corrected chi connectivity index (χ4v) is 1.33. The molecule has 0 bridgehead atoms. The van der Waals surface area contributed by atoms with Crippen LogP contribution in [0.4, 0.5) is 5.69 Å². The van der Waals surface area contributed by atoms with Crippen LogP contribution in [-0.4, -0.2) is 38.5 Å². The van der Waals surface area contributed by atoms with Crippen molar-refractivity contribution < 1.29 is 14.7 Å². The Bertz CT molecular complexity index is 344. The minimum absolute atomic E-state index is 0.0846. The van der Waals surface area contributed by atoms with E-state index < -0.39 is 5.97 Å². The number of nitrogens with zero attached hydrogens (tertiary/aromatic N) is 2. The highest BCUT2D eigenvalue weighted by atomic mass is 32.2. The molecule has 0 radical (unpaired) electrons. The molecule has 80 valence electrons. The molecule has 1 amide bonds. The van der Waals surface area contributed by atoms with Gasteiger partial charge in [0, 0.05) is 0 Å². The summed E-state index contributed by atoms with van der Waals surface area (Å²) in [6.45, 7) is 0. The number of aliphatic carboxylic acids is 1. The summed E-state index contributed by atoms with van der Waals surface area (Å²) in [5.74, 6) is -1.19. The quantitative estimate of drug-likeness (QED) is 0.748. The zero-order valence-electron chi connectivity index (χ0n) is 7.71. The van der Waals surface area contributed by atoms with Gasteiger partial charge >= 0.3 is 5.97 Å². The molecule has 15 heavy (non-hydrogen) atoms. The van der Waals surface area contributed by atoms with Gasteiger partial charge in [0.2, 0.25) is 5.91 Å². The van der Waals surface area contributed by atoms with Gasteiger partial charge in [0.25, 0.3) is 0 Å². The molecule has 0 saturated heterocycles. The van der Waals surface area contributed by atoms with Gasteiger partial charge < -0.3 is 10.4 Å². The number of aromatic nitrogens is 2. The maximum absolute atomic E-state index is 11.2. The zero-order chi connectivity index (χ0) is 11.1. The number of carboxylic acids is 1. The van der Waals surface area contributed by atoms with Crippen LogP contribution < -0.4 is 5.32 Å². The highest BCUT2D eigenvalue weighted by Crippen LogP contribution is 2.04. The number of carbonyl (C=O) groups is 2. The molecule has 0 aliphatic rings. The van der Waals surface area contributed by atoms with E-state index >= 15 is 0 Å². The average Bonchev–Trinajstić information content (AvgIpc) is 2.18. The second-order valence-electron chi connectivity index (χ2n) is 2.56. The molecule has 0 atom stereocenters. The molecule has 7 heteroatoms. The zero-order valence-corrected chi connectivity index (χ0v) is 8.53. The first-order valence-corrected chi connectivity index (χ1v) is 5.18. The lowest BCUT2D eigenvalue weighted by atomic mass is 10.5. The molecule has 1 heterocycles. The van der Waals surface area contributed by atoms with Crippen LogP contribution in [0.25, 0.3) is 0 Å². The van der Waals surface area contributed by atoms with Crippen molar-refractivity contribution in [1.82, 2.24) is 9.97 Å². The van der Waals surface area contributed by atoms with Gasteiger partial charge in [0.05, 0.1) is 29.6 Å². The molecular formula is C8H9N3O3S. The molecule has 0 aromatic carbocycles. The van der Waals surface area contributed by atoms with Crippen molar-refractivity contribution in [2.75, 3.05) is 16.8 Å². The highest BCUT2D eigenvalue weighted by Gasteiger charge is 2.04. The van der Waals surface area contributed by atoms with Crippen molar-refractivity contribution in [3.8, 4) is 0 Å². The summed E-state index contributed by atoms with van der Waals surface area (Å²) in [7, 11) is 0. The lowest BCUT2D eigenvalue weighted by molar-refractivity contribution is -0.133. The Morgan fingerprint density at radius 1 is 1.33 bits per heavy atom. The van der Waals surface area contributed by atoms with E-state index in [4.69, 9.17) is 5.11 Å². The Balaban J connectivity index is 2.28. The maximum Gasteiger partial charge on any atom is 0.313 e. The molecule has 1 rings (SSSR count). The van der Waals surface area contributed by atoms with E-state index in [0.29, 0.717) is 5.69 Å². The second-order valence-corrected chi connectivity index (χ2v) is 3.55. The molecule has 1 aromatic rings. The fraction of sp³-hybridized carbons (Fsp3) is 0.250. The lowest BCUT2D eigenvalue weighted by Crippen LogP contribution is -2.15. The molecule has 0 spiro atoms. The van der Waals surface area contributed by atoms with Crippen LogP contribution in [0, 0.1) is 0 Å². The summed E-state index contributed by atoms with van der Waals surface area (Å²) in [5, 5.41) is 10.9. The summed E-state index contributed by atoms with van der Waals surface area (Å²) in [6.07, 6.45) is 4.29. The van der Waals surface area contributed by atoms with Gasteiger partial charge in [0.1, 0.15) is 6.33 Å². The van der Waals surface area contributed by atoms with Gasteiger partial charge in [-0.2, -0.15) is 0 Å². The minimum Gasteiger partial charge on any atom is -0.481 e. The van der Waals surface area contributed by atoms with Crippen LogP contribution in [0.15, 0.2) is 18.7 Å². The average molecular weight is 227 g/mol. The van der Waals surface area contributed by atoms with Crippen LogP contribution in [-0.2, 0) is 9.59 Å². The number of anilines is 1. The molecule has 0 unspecified atom stereocenters. The molecule has 6 nitrogen and oxygen atoms in total. The molecular weight excluding hydrogens is 218 g/mol. The normalized spacial score (nSPS) is 9.60. The van der Waals surface area contributed by atoms with Gasteiger partial charge in [-0.1, -0.05) is 0 Å². The van der Waals surface area contributed by atoms with Gasteiger partial charge in [-0.3, -0.25) is 9.59 Å². The fourth-order valence-electron chi connectivity index (χ4n) is 0.792. The number of rotatable bonds is 5. The van der Waals surface area contributed by atoms with Crippen LogP contribution >= 0.6 is 11.8 Å². The predicted octanol–water partition coefficient (Wildman–Crippen LogP) is 0.233. The van der Waals surface area contributed by atoms with E-state index in [1.807, 2.05) is 0 Å². The third-order valence-corrected chi connectivity index (χ3v) is 2.22. The van der Waals surface area contributed by atoms with Gasteiger partial charge in [-0.05, 0) is 0 Å². The van der Waals surface area contributed by atoms with Crippen molar-refractivity contribution in [3.63, 3.8) is 0 Å². The molecule has 0 aliphatic heterocycles. The van der Waals surface area contributed by atoms with E-state index in [9.17, 15) is 9.59 Å². The third-order valence-electron chi connectivity index (χ3n) is 1.30. The summed E-state index contributed by atoms with van der Waals surface area (Å²) in [6, 6.07) is 0. The molecule has 0 aliphatic carbocycles. The van der Waals surface area contributed by atoms with E-state index in [-0.39, 0.29) is 17.4 Å². The Kier molecular flexibility index (Phi) is 4.55. The van der Waals surface area contributed by atoms with Crippen molar-refractivity contribution >= 4 is 29.3 Å². The molecule has 0 saturated carbocycles. The number of hydrogen-bond donors (Lipinski definition) is 2. The highest BCUT2D eigenvalue weighted by molar-refractivity contribution is 8.00. The Labute approximate surface area is 90.1 Å². The standard InChI is InChI=1S/C8H9N3O3S/c12-7(3-15-4-8(13)14)11-6-1-9-5-10-2-6/h1-2,5H,3-4H2,(H,11,12)(H,13,14). The molecule has 1 aromatic heterocycles. The lowest BCUT2D eigenvalue weighted by Gasteiger charge is -2.02. The Hall–Kier alpha value is -1.63. The summed E-state index contributed by atoms with van der Waals surface area (Å²) >= 11 is 1.04. The first kappa shape index (κ1) is 11.4. The third kappa shape index (κ3) is 4.96. The van der Waals surface area contributed by atoms with E-state index in [0.717, 1.165) is 11.8 Å². The van der Waals surface area contributed by atoms with E-state index in [1.165, 1.54) is 18.7 Å². The first-order valence-electron chi connectivity index (χ1n) is 4.03. The first-order chi connectivity index (χ1) is 7.18. The van der Waals surface area contributed by atoms with Gasteiger partial charge in [-0.25, -0.2) is 9.97 Å². The number of amides is 1. The van der Waals surface area contributed by atoms with Crippen LogP contribution in [0.1, 0.15) is 0 Å². The summed E-state index contributed by atoms with van der Waals surface area (Å²) < 4.78 is 0. The van der Waals surface area contributed by atoms with Crippen molar-refractivity contribution in [2.45, 2.75) is 0 Å². The summed E-state index contributed by atoms with van der Waals surface area (Å²) in [5.41, 5.74) is 0.499. The van der Waals surface area contributed by atoms with E-state index in [2.05, 4.69) is 15.3 Å². The number of carboxylic acid groups (broad SMARTS) is 1. The topological polar surface area (TPSA) is 92.2 Å². The smallest absolute Gasteiger partial charge is 0.313 e. The molecule has 2 N–H and O–H groups in total. The van der Waals surface area contributed by atoms with Crippen molar-refractivity contribution in [2.24, 2.45) is 0 Å². The number of thioether (sulfide) groups is 1. The number of carbonyl (C=O) groups excluding carboxylic acids is 1. The minimum atomic E-state index is -0.934. The number of nitrogens with one attached hydrogen (secondary N) is 1. The van der Waals surface area contributed by atoms with Crippen molar-refractivity contribution in [1.29, 1.82) is 0 Å². The SMILES string of the molecule is O=C(O)CSCC(=O)Nc1cncnc1. The van der Waals surface area contributed by atoms with Crippen LogP contribution in [0.3, 0.4) is 0 Å². The largest absolute Gasteiger partial charge is 0.481 e. The van der Waals surface area contributed by atoms with Crippen LogP contribution in [0.2, 0.25) is 0 Å².